The van der Waals surface area contributed by atoms with Crippen LogP contribution in [-0.4, -0.2) is 23.9 Å². The summed E-state index contributed by atoms with van der Waals surface area (Å²) in [5.74, 6) is 0.923. The third-order valence-electron chi connectivity index (χ3n) is 2.87. The van der Waals surface area contributed by atoms with E-state index in [-0.39, 0.29) is 5.75 Å². The number of phenols is 1. The summed E-state index contributed by atoms with van der Waals surface area (Å²) < 4.78 is 5.11. The quantitative estimate of drug-likeness (QED) is 0.759. The maximum atomic E-state index is 9.91. The van der Waals surface area contributed by atoms with Crippen molar-refractivity contribution in [3.63, 3.8) is 0 Å². The lowest BCUT2D eigenvalue weighted by atomic mass is 10.1. The number of aliphatic hydroxyl groups is 1. The number of ether oxygens (including phenoxy) is 1. The number of hydrogen-bond donors (Lipinski definition) is 3. The second-order valence-electron chi connectivity index (χ2n) is 4.20. The molecular weight excluding hydrogens is 262 g/mol. The first-order valence-electron chi connectivity index (χ1n) is 5.97. The minimum atomic E-state index is -0.529. The molecule has 0 aliphatic heterocycles. The van der Waals surface area contributed by atoms with Gasteiger partial charge >= 0.3 is 0 Å². The van der Waals surface area contributed by atoms with Gasteiger partial charge in [0.1, 0.15) is 11.5 Å². The zero-order chi connectivity index (χ0) is 13.7. The van der Waals surface area contributed by atoms with E-state index in [4.69, 9.17) is 4.74 Å². The van der Waals surface area contributed by atoms with E-state index < -0.39 is 6.10 Å². The summed E-state index contributed by atoms with van der Waals surface area (Å²) in [6, 6.07) is 6.99. The van der Waals surface area contributed by atoms with E-state index in [0.717, 1.165) is 11.1 Å². The molecule has 19 heavy (non-hydrogen) atoms. The van der Waals surface area contributed by atoms with Crippen molar-refractivity contribution in [2.75, 3.05) is 13.7 Å². The number of methoxy groups -OCH3 is 1. The second-order valence-corrected chi connectivity index (χ2v) is 4.98. The number of thiophene rings is 1. The Labute approximate surface area is 116 Å². The Bertz CT molecular complexity index is 513. The minimum Gasteiger partial charge on any atom is -0.508 e. The van der Waals surface area contributed by atoms with Crippen LogP contribution >= 0.6 is 11.3 Å². The van der Waals surface area contributed by atoms with Gasteiger partial charge in [0.05, 0.1) is 13.2 Å². The van der Waals surface area contributed by atoms with Gasteiger partial charge in [-0.1, -0.05) is 0 Å². The van der Waals surface area contributed by atoms with Gasteiger partial charge in [-0.3, -0.25) is 0 Å². The molecule has 0 aliphatic rings. The van der Waals surface area contributed by atoms with Crippen molar-refractivity contribution in [1.82, 2.24) is 5.32 Å². The molecule has 0 spiro atoms. The minimum absolute atomic E-state index is 0.221. The summed E-state index contributed by atoms with van der Waals surface area (Å²) in [6.45, 7) is 0.914. The molecule has 102 valence electrons. The number of rotatable bonds is 6. The number of phenolic OH excluding ortho intramolecular Hbond substituents is 1. The molecular formula is C14H17NO3S. The summed E-state index contributed by atoms with van der Waals surface area (Å²) in [5.41, 5.74) is 1.66. The van der Waals surface area contributed by atoms with Crippen molar-refractivity contribution in [3.05, 3.63) is 46.2 Å². The number of hydrogen-bond acceptors (Lipinski definition) is 5. The summed E-state index contributed by atoms with van der Waals surface area (Å²) in [5, 5.41) is 26.6. The van der Waals surface area contributed by atoms with Crippen molar-refractivity contribution in [2.24, 2.45) is 0 Å². The monoisotopic (exact) mass is 279 g/mol. The van der Waals surface area contributed by atoms with Crippen LogP contribution in [0.4, 0.5) is 0 Å². The van der Waals surface area contributed by atoms with Crippen molar-refractivity contribution in [1.29, 1.82) is 0 Å². The average Bonchev–Trinajstić information content (AvgIpc) is 2.95. The average molecular weight is 279 g/mol. The van der Waals surface area contributed by atoms with Gasteiger partial charge in [-0.2, -0.15) is 11.3 Å². The van der Waals surface area contributed by atoms with Gasteiger partial charge in [0.25, 0.3) is 0 Å². The van der Waals surface area contributed by atoms with Gasteiger partial charge in [0.15, 0.2) is 0 Å². The van der Waals surface area contributed by atoms with Gasteiger partial charge in [-0.25, -0.2) is 0 Å². The summed E-state index contributed by atoms with van der Waals surface area (Å²) in [7, 11) is 1.59. The predicted octanol–water partition coefficient (Wildman–Crippen LogP) is 2.29. The van der Waals surface area contributed by atoms with Crippen LogP contribution in [0.2, 0.25) is 0 Å². The zero-order valence-corrected chi connectivity index (χ0v) is 11.5. The van der Waals surface area contributed by atoms with Crippen molar-refractivity contribution < 1.29 is 14.9 Å². The number of aromatic hydroxyl groups is 1. The molecule has 0 saturated heterocycles. The SMILES string of the molecule is COc1ccc(O)c(CNCC(O)c2ccsc2)c1. The van der Waals surface area contributed by atoms with E-state index in [1.165, 1.54) is 0 Å². The van der Waals surface area contributed by atoms with Gasteiger partial charge in [-0.05, 0) is 40.6 Å². The Morgan fingerprint density at radius 2 is 2.21 bits per heavy atom. The fraction of sp³-hybridized carbons (Fsp3) is 0.286. The lowest BCUT2D eigenvalue weighted by molar-refractivity contribution is 0.174. The number of nitrogens with one attached hydrogen (secondary N) is 1. The van der Waals surface area contributed by atoms with Crippen LogP contribution < -0.4 is 10.1 Å². The Balaban J connectivity index is 1.89. The van der Waals surface area contributed by atoms with E-state index in [1.54, 1.807) is 36.6 Å². The van der Waals surface area contributed by atoms with Crippen LogP contribution in [-0.2, 0) is 6.54 Å². The van der Waals surface area contributed by atoms with E-state index in [0.29, 0.717) is 18.8 Å². The number of benzene rings is 1. The van der Waals surface area contributed by atoms with E-state index in [2.05, 4.69) is 5.32 Å². The largest absolute Gasteiger partial charge is 0.508 e. The van der Waals surface area contributed by atoms with Crippen LogP contribution in [0.3, 0.4) is 0 Å². The second kappa shape index (κ2) is 6.56. The standard InChI is InChI=1S/C14H17NO3S/c1-18-12-2-3-13(16)11(6-12)7-15-8-14(17)10-4-5-19-9-10/h2-6,9,14-17H,7-8H2,1H3. The molecule has 5 heteroatoms. The highest BCUT2D eigenvalue weighted by molar-refractivity contribution is 7.07. The summed E-state index contributed by atoms with van der Waals surface area (Å²) in [6.07, 6.45) is -0.529. The fourth-order valence-electron chi connectivity index (χ4n) is 1.76. The molecule has 2 aromatic rings. The lowest BCUT2D eigenvalue weighted by Crippen LogP contribution is -2.20. The smallest absolute Gasteiger partial charge is 0.120 e. The number of aliphatic hydroxyl groups excluding tert-OH is 1. The Hall–Kier alpha value is -1.56. The Morgan fingerprint density at radius 3 is 2.89 bits per heavy atom. The molecule has 0 saturated carbocycles. The van der Waals surface area contributed by atoms with Crippen molar-refractivity contribution in [3.8, 4) is 11.5 Å². The van der Waals surface area contributed by atoms with E-state index >= 15 is 0 Å². The molecule has 1 unspecified atom stereocenters. The first kappa shape index (κ1) is 13.9. The zero-order valence-electron chi connectivity index (χ0n) is 10.7. The van der Waals surface area contributed by atoms with Crippen LogP contribution in [0.15, 0.2) is 35.0 Å². The van der Waals surface area contributed by atoms with Crippen LogP contribution in [0.5, 0.6) is 11.5 Å². The molecule has 2 rings (SSSR count). The van der Waals surface area contributed by atoms with Gasteiger partial charge in [-0.15, -0.1) is 0 Å². The molecule has 0 radical (unpaired) electrons. The maximum Gasteiger partial charge on any atom is 0.120 e. The first-order chi connectivity index (χ1) is 9.20. The maximum absolute atomic E-state index is 9.91. The highest BCUT2D eigenvalue weighted by atomic mass is 32.1. The predicted molar refractivity (Wildman–Crippen MR) is 75.6 cm³/mol. The Kier molecular flexibility index (Phi) is 4.79. The summed E-state index contributed by atoms with van der Waals surface area (Å²) >= 11 is 1.56. The van der Waals surface area contributed by atoms with Crippen LogP contribution in [0.1, 0.15) is 17.2 Å². The highest BCUT2D eigenvalue weighted by Crippen LogP contribution is 2.23. The van der Waals surface area contributed by atoms with Crippen molar-refractivity contribution >= 4 is 11.3 Å². The highest BCUT2D eigenvalue weighted by Gasteiger charge is 2.08. The molecule has 1 aromatic carbocycles. The van der Waals surface area contributed by atoms with Gasteiger partial charge < -0.3 is 20.3 Å². The lowest BCUT2D eigenvalue weighted by Gasteiger charge is -2.12. The molecule has 1 aromatic heterocycles. The van der Waals surface area contributed by atoms with Crippen LogP contribution in [0, 0.1) is 0 Å². The van der Waals surface area contributed by atoms with Gasteiger partial charge in [0, 0.05) is 18.7 Å². The van der Waals surface area contributed by atoms with Gasteiger partial charge in [0.2, 0.25) is 0 Å². The van der Waals surface area contributed by atoms with Crippen LogP contribution in [0.25, 0.3) is 0 Å². The molecule has 1 atom stereocenters. The fourth-order valence-corrected chi connectivity index (χ4v) is 2.46. The van der Waals surface area contributed by atoms with Crippen molar-refractivity contribution in [2.45, 2.75) is 12.6 Å². The normalized spacial score (nSPS) is 12.3. The summed E-state index contributed by atoms with van der Waals surface area (Å²) in [4.78, 5) is 0. The molecule has 0 bridgehead atoms. The molecule has 4 nitrogen and oxygen atoms in total. The third-order valence-corrected chi connectivity index (χ3v) is 3.57. The molecule has 0 amide bonds. The molecule has 3 N–H and O–H groups in total. The molecule has 0 fully saturated rings. The first-order valence-corrected chi connectivity index (χ1v) is 6.91. The third kappa shape index (κ3) is 3.70. The van der Waals surface area contributed by atoms with E-state index in [1.807, 2.05) is 16.8 Å². The Morgan fingerprint density at radius 1 is 1.37 bits per heavy atom. The molecule has 1 heterocycles. The van der Waals surface area contributed by atoms with E-state index in [9.17, 15) is 10.2 Å². The molecule has 0 aliphatic carbocycles. The topological polar surface area (TPSA) is 61.7 Å².